The SMILES string of the molecule is CCn1nc(SC)ccc1=S. The summed E-state index contributed by atoms with van der Waals surface area (Å²) < 4.78 is 2.62. The molecule has 0 aliphatic carbocycles. The molecule has 11 heavy (non-hydrogen) atoms. The van der Waals surface area contributed by atoms with Crippen LogP contribution in [-0.4, -0.2) is 16.0 Å². The topological polar surface area (TPSA) is 17.8 Å². The van der Waals surface area contributed by atoms with Crippen molar-refractivity contribution in [2.45, 2.75) is 18.5 Å². The number of hydrogen-bond acceptors (Lipinski definition) is 3. The number of rotatable bonds is 2. The van der Waals surface area contributed by atoms with Crippen molar-refractivity contribution in [2.24, 2.45) is 0 Å². The molecule has 0 N–H and O–H groups in total. The highest BCUT2D eigenvalue weighted by atomic mass is 32.2. The first-order valence-corrected chi connectivity index (χ1v) is 5.03. The number of hydrogen-bond donors (Lipinski definition) is 0. The van der Waals surface area contributed by atoms with Gasteiger partial charge in [0, 0.05) is 6.54 Å². The van der Waals surface area contributed by atoms with Gasteiger partial charge in [-0.25, -0.2) is 0 Å². The van der Waals surface area contributed by atoms with E-state index in [2.05, 4.69) is 5.10 Å². The van der Waals surface area contributed by atoms with Crippen LogP contribution < -0.4 is 0 Å². The summed E-state index contributed by atoms with van der Waals surface area (Å²) >= 11 is 6.68. The molecule has 0 saturated heterocycles. The first-order chi connectivity index (χ1) is 5.27. The fourth-order valence-electron chi connectivity index (χ4n) is 0.766. The minimum absolute atomic E-state index is 0.797. The van der Waals surface area contributed by atoms with Crippen molar-refractivity contribution < 1.29 is 0 Å². The largest absolute Gasteiger partial charge is 0.254 e. The Bertz CT molecular complexity index is 293. The second-order valence-corrected chi connectivity index (χ2v) is 3.27. The van der Waals surface area contributed by atoms with Crippen LogP contribution in [-0.2, 0) is 6.54 Å². The van der Waals surface area contributed by atoms with Gasteiger partial charge in [-0.15, -0.1) is 11.8 Å². The number of nitrogens with zero attached hydrogens (tertiary/aromatic N) is 2. The minimum atomic E-state index is 0.797. The molecule has 0 saturated carbocycles. The second-order valence-electron chi connectivity index (χ2n) is 2.03. The molecule has 2 nitrogen and oxygen atoms in total. The molecule has 1 heterocycles. The van der Waals surface area contributed by atoms with Crippen LogP contribution in [0, 0.1) is 4.64 Å². The van der Waals surface area contributed by atoms with E-state index in [0.717, 1.165) is 16.2 Å². The molecule has 0 aromatic carbocycles. The van der Waals surface area contributed by atoms with E-state index < -0.39 is 0 Å². The van der Waals surface area contributed by atoms with Crippen LogP contribution in [0.4, 0.5) is 0 Å². The maximum absolute atomic E-state index is 5.05. The molecule has 0 unspecified atom stereocenters. The predicted molar refractivity (Wildman–Crippen MR) is 50.5 cm³/mol. The van der Waals surface area contributed by atoms with E-state index in [4.69, 9.17) is 12.2 Å². The Hall–Kier alpha value is -0.350. The van der Waals surface area contributed by atoms with Gasteiger partial charge < -0.3 is 0 Å². The van der Waals surface area contributed by atoms with Gasteiger partial charge in [-0.3, -0.25) is 4.68 Å². The van der Waals surface area contributed by atoms with Crippen molar-refractivity contribution in [3.8, 4) is 0 Å². The van der Waals surface area contributed by atoms with Crippen molar-refractivity contribution in [1.29, 1.82) is 0 Å². The quantitative estimate of drug-likeness (QED) is 0.521. The van der Waals surface area contributed by atoms with E-state index in [1.54, 1.807) is 11.8 Å². The Morgan fingerprint density at radius 2 is 2.36 bits per heavy atom. The predicted octanol–water partition coefficient (Wildman–Crippen LogP) is 2.35. The van der Waals surface area contributed by atoms with Gasteiger partial charge in [0.05, 0.1) is 0 Å². The summed E-state index contributed by atoms with van der Waals surface area (Å²) in [7, 11) is 0. The highest BCUT2D eigenvalue weighted by molar-refractivity contribution is 7.98. The summed E-state index contributed by atoms with van der Waals surface area (Å²) in [5, 5.41) is 5.30. The summed E-state index contributed by atoms with van der Waals surface area (Å²) in [5.41, 5.74) is 0. The second kappa shape index (κ2) is 3.88. The lowest BCUT2D eigenvalue weighted by Crippen LogP contribution is -2.02. The van der Waals surface area contributed by atoms with Crippen LogP contribution in [0.5, 0.6) is 0 Å². The lowest BCUT2D eigenvalue weighted by Gasteiger charge is -2.02. The van der Waals surface area contributed by atoms with Gasteiger partial charge in [-0.1, -0.05) is 12.2 Å². The van der Waals surface area contributed by atoms with Crippen molar-refractivity contribution in [1.82, 2.24) is 9.78 Å². The Balaban J connectivity index is 3.13. The van der Waals surface area contributed by atoms with E-state index in [0.29, 0.717) is 0 Å². The molecule has 1 aromatic heterocycles. The molecule has 60 valence electrons. The first-order valence-electron chi connectivity index (χ1n) is 3.40. The van der Waals surface area contributed by atoms with E-state index >= 15 is 0 Å². The zero-order valence-corrected chi connectivity index (χ0v) is 8.21. The van der Waals surface area contributed by atoms with Crippen LogP contribution in [0.15, 0.2) is 17.2 Å². The highest BCUT2D eigenvalue weighted by Gasteiger charge is 1.93. The molecule has 1 rings (SSSR count). The average Bonchev–Trinajstić information content (AvgIpc) is 2.05. The monoisotopic (exact) mass is 186 g/mol. The highest BCUT2D eigenvalue weighted by Crippen LogP contribution is 2.09. The van der Waals surface area contributed by atoms with E-state index in [1.807, 2.05) is 30.0 Å². The maximum Gasteiger partial charge on any atom is 0.122 e. The van der Waals surface area contributed by atoms with E-state index in [1.165, 1.54) is 0 Å². The molecule has 1 aromatic rings. The zero-order chi connectivity index (χ0) is 8.27. The minimum Gasteiger partial charge on any atom is -0.254 e. The van der Waals surface area contributed by atoms with Crippen molar-refractivity contribution >= 4 is 24.0 Å². The van der Waals surface area contributed by atoms with Gasteiger partial charge >= 0.3 is 0 Å². The average molecular weight is 186 g/mol. The van der Waals surface area contributed by atoms with Gasteiger partial charge in [-0.2, -0.15) is 5.10 Å². The standard InChI is InChI=1S/C7H10N2S2/c1-3-9-7(10)5-4-6(8-9)11-2/h4-5H,3H2,1-2H3. The molecule has 0 fully saturated rings. The molecular formula is C7H10N2S2. The van der Waals surface area contributed by atoms with Crippen molar-refractivity contribution in [3.63, 3.8) is 0 Å². The number of thioether (sulfide) groups is 1. The number of aromatic nitrogens is 2. The summed E-state index contributed by atoms with van der Waals surface area (Å²) in [6.07, 6.45) is 2.01. The zero-order valence-electron chi connectivity index (χ0n) is 6.57. The molecule has 0 radical (unpaired) electrons. The molecule has 0 spiro atoms. The fraction of sp³-hybridized carbons (Fsp3) is 0.429. The van der Waals surface area contributed by atoms with Crippen molar-refractivity contribution in [2.75, 3.05) is 6.26 Å². The Morgan fingerprint density at radius 3 is 2.91 bits per heavy atom. The third kappa shape index (κ3) is 2.04. The lowest BCUT2D eigenvalue weighted by atomic mass is 10.6. The van der Waals surface area contributed by atoms with Gasteiger partial charge in [-0.05, 0) is 25.3 Å². The van der Waals surface area contributed by atoms with E-state index in [-0.39, 0.29) is 0 Å². The molecule has 0 amide bonds. The van der Waals surface area contributed by atoms with Gasteiger partial charge in [0.1, 0.15) is 9.67 Å². The molecule has 0 aliphatic heterocycles. The summed E-state index contributed by atoms with van der Waals surface area (Å²) in [6, 6.07) is 3.86. The van der Waals surface area contributed by atoms with Crippen LogP contribution in [0.3, 0.4) is 0 Å². The number of aryl methyl sites for hydroxylation is 1. The fourth-order valence-corrected chi connectivity index (χ4v) is 1.39. The molecule has 0 atom stereocenters. The van der Waals surface area contributed by atoms with Crippen LogP contribution >= 0.6 is 24.0 Å². The maximum atomic E-state index is 5.05. The van der Waals surface area contributed by atoms with Crippen LogP contribution in [0.1, 0.15) is 6.92 Å². The summed E-state index contributed by atoms with van der Waals surface area (Å²) in [5.74, 6) is 0. The summed E-state index contributed by atoms with van der Waals surface area (Å²) in [6.45, 7) is 2.88. The Labute approximate surface area is 75.6 Å². The van der Waals surface area contributed by atoms with Crippen LogP contribution in [0.25, 0.3) is 0 Å². The normalized spacial score (nSPS) is 10.0. The van der Waals surface area contributed by atoms with Gasteiger partial charge in [0.25, 0.3) is 0 Å². The lowest BCUT2D eigenvalue weighted by molar-refractivity contribution is 0.602. The summed E-state index contributed by atoms with van der Waals surface area (Å²) in [4.78, 5) is 0. The third-order valence-corrected chi connectivity index (χ3v) is 2.33. The molecular weight excluding hydrogens is 176 g/mol. The molecule has 4 heteroatoms. The van der Waals surface area contributed by atoms with E-state index in [9.17, 15) is 0 Å². The third-order valence-electron chi connectivity index (χ3n) is 1.35. The molecule has 0 bridgehead atoms. The molecule has 0 aliphatic rings. The van der Waals surface area contributed by atoms with Gasteiger partial charge in [0.2, 0.25) is 0 Å². The first kappa shape index (κ1) is 8.74. The van der Waals surface area contributed by atoms with Crippen LogP contribution in [0.2, 0.25) is 0 Å². The Morgan fingerprint density at radius 1 is 1.64 bits per heavy atom. The van der Waals surface area contributed by atoms with Crippen molar-refractivity contribution in [3.05, 3.63) is 16.8 Å². The van der Waals surface area contributed by atoms with Gasteiger partial charge in [0.15, 0.2) is 0 Å². The Kier molecular flexibility index (Phi) is 3.08. The smallest absolute Gasteiger partial charge is 0.122 e.